The quantitative estimate of drug-likeness (QED) is 0.419. The molecule has 8 atom stereocenters. The van der Waals surface area contributed by atoms with Gasteiger partial charge in [0.1, 0.15) is 0 Å². The Bertz CT molecular complexity index is 535. The Hall–Kier alpha value is -0.200. The standard InChI is InChI=1S/2C8H10O5.2Na/c2*9-7(10)5-3-1-2-4(13-3)6(5)8(11)12;;/h2*3-6H,1-2H2,(H,9,10)(H,11,12);;/q;;2*+1/p-2. The molecule has 4 bridgehead atoms. The van der Waals surface area contributed by atoms with E-state index < -0.39 is 59.8 Å². The minimum absolute atomic E-state index is 0. The number of fused-ring (bicyclic) bond motifs is 4. The van der Waals surface area contributed by atoms with E-state index in [2.05, 4.69) is 0 Å². The van der Waals surface area contributed by atoms with Crippen molar-refractivity contribution >= 4 is 23.9 Å². The number of hydrogen-bond acceptors (Lipinski definition) is 8. The molecule has 4 saturated heterocycles. The molecule has 10 nitrogen and oxygen atoms in total. The van der Waals surface area contributed by atoms with Gasteiger partial charge >= 0.3 is 71.1 Å². The maximum Gasteiger partial charge on any atom is 1.00 e. The van der Waals surface area contributed by atoms with Crippen LogP contribution in [-0.4, -0.2) is 58.5 Å². The van der Waals surface area contributed by atoms with Crippen LogP contribution in [0.3, 0.4) is 0 Å². The van der Waals surface area contributed by atoms with Crippen molar-refractivity contribution in [2.45, 2.75) is 50.1 Å². The van der Waals surface area contributed by atoms with Gasteiger partial charge in [-0.15, -0.1) is 0 Å². The molecule has 28 heavy (non-hydrogen) atoms. The van der Waals surface area contributed by atoms with E-state index in [0.29, 0.717) is 25.7 Å². The second-order valence-electron chi connectivity index (χ2n) is 7.00. The smallest absolute Gasteiger partial charge is 0.550 e. The van der Waals surface area contributed by atoms with Crippen LogP contribution in [0.15, 0.2) is 0 Å². The number of carboxylic acid groups (broad SMARTS) is 4. The first kappa shape index (κ1) is 25.8. The summed E-state index contributed by atoms with van der Waals surface area (Å²) in [4.78, 5) is 42.8. The Morgan fingerprint density at radius 1 is 0.607 bits per heavy atom. The van der Waals surface area contributed by atoms with Crippen LogP contribution in [0.25, 0.3) is 0 Å². The maximum atomic E-state index is 10.8. The van der Waals surface area contributed by atoms with Crippen LogP contribution in [0.4, 0.5) is 0 Å². The molecule has 4 aliphatic rings. The molecule has 0 aromatic heterocycles. The van der Waals surface area contributed by atoms with Gasteiger partial charge in [0.05, 0.1) is 36.3 Å². The van der Waals surface area contributed by atoms with Crippen LogP contribution in [0, 0.1) is 23.7 Å². The third kappa shape index (κ3) is 4.75. The third-order valence-electron chi connectivity index (χ3n) is 5.66. The Balaban J connectivity index is 0.000000261. The van der Waals surface area contributed by atoms with E-state index in [0.717, 1.165) is 0 Å². The van der Waals surface area contributed by atoms with Crippen molar-refractivity contribution in [3.8, 4) is 0 Å². The first-order valence-corrected chi connectivity index (χ1v) is 8.40. The van der Waals surface area contributed by atoms with Crippen molar-refractivity contribution in [2.75, 3.05) is 0 Å². The summed E-state index contributed by atoms with van der Waals surface area (Å²) in [5.74, 6) is -8.55. The van der Waals surface area contributed by atoms with Gasteiger partial charge in [-0.1, -0.05) is 0 Å². The Morgan fingerprint density at radius 2 is 0.857 bits per heavy atom. The van der Waals surface area contributed by atoms with E-state index >= 15 is 0 Å². The van der Waals surface area contributed by atoms with Crippen molar-refractivity contribution in [1.29, 1.82) is 0 Å². The summed E-state index contributed by atoms with van der Waals surface area (Å²) in [6, 6.07) is 0. The zero-order valence-corrected chi connectivity index (χ0v) is 19.6. The average Bonchev–Trinajstić information content (AvgIpc) is 3.32. The van der Waals surface area contributed by atoms with Gasteiger partial charge < -0.3 is 39.5 Å². The first-order valence-electron chi connectivity index (χ1n) is 8.40. The van der Waals surface area contributed by atoms with Crippen molar-refractivity contribution in [1.82, 2.24) is 0 Å². The summed E-state index contributed by atoms with van der Waals surface area (Å²) in [5, 5.41) is 38.9. The predicted molar refractivity (Wildman–Crippen MR) is 75.0 cm³/mol. The van der Waals surface area contributed by atoms with Gasteiger partial charge in [0.2, 0.25) is 0 Å². The molecule has 4 aliphatic heterocycles. The van der Waals surface area contributed by atoms with Crippen LogP contribution in [0.2, 0.25) is 0 Å². The van der Waals surface area contributed by atoms with E-state index in [1.165, 1.54) is 0 Å². The number of carbonyl (C=O) groups excluding carboxylic acids is 2. The molecule has 0 spiro atoms. The molecule has 0 aliphatic carbocycles. The molecular weight excluding hydrogens is 398 g/mol. The van der Waals surface area contributed by atoms with Gasteiger partial charge in [-0.05, 0) is 25.7 Å². The van der Waals surface area contributed by atoms with E-state index in [-0.39, 0.29) is 71.3 Å². The molecule has 0 radical (unpaired) electrons. The van der Waals surface area contributed by atoms with Crippen molar-refractivity contribution in [3.63, 3.8) is 0 Å². The van der Waals surface area contributed by atoms with Gasteiger partial charge in [0.25, 0.3) is 0 Å². The summed E-state index contributed by atoms with van der Waals surface area (Å²) >= 11 is 0. The molecule has 2 N–H and O–H groups in total. The molecule has 0 aromatic carbocycles. The van der Waals surface area contributed by atoms with Gasteiger partial charge in [-0.3, -0.25) is 9.59 Å². The molecule has 144 valence electrons. The van der Waals surface area contributed by atoms with Gasteiger partial charge in [0, 0.05) is 23.8 Å². The van der Waals surface area contributed by atoms with Crippen LogP contribution in [0.1, 0.15) is 25.7 Å². The average molecular weight is 416 g/mol. The van der Waals surface area contributed by atoms with Crippen molar-refractivity contribution in [3.05, 3.63) is 0 Å². The largest absolute Gasteiger partial charge is 1.00 e. The summed E-state index contributed by atoms with van der Waals surface area (Å²) in [7, 11) is 0. The number of carboxylic acids is 4. The normalized spacial score (nSPS) is 39.1. The summed E-state index contributed by atoms with van der Waals surface area (Å²) in [6.07, 6.45) is 0.805. The molecule has 12 heteroatoms. The predicted octanol–water partition coefficient (Wildman–Crippen LogP) is -8.76. The maximum absolute atomic E-state index is 10.8. The van der Waals surface area contributed by atoms with E-state index in [9.17, 15) is 29.4 Å². The zero-order valence-electron chi connectivity index (χ0n) is 15.6. The number of aliphatic carboxylic acids is 4. The Kier molecular flexibility index (Phi) is 9.42. The van der Waals surface area contributed by atoms with Gasteiger partial charge in [0.15, 0.2) is 0 Å². The van der Waals surface area contributed by atoms with Crippen LogP contribution >= 0.6 is 0 Å². The topological polar surface area (TPSA) is 173 Å². The zero-order chi connectivity index (χ0) is 19.2. The van der Waals surface area contributed by atoms with E-state index in [4.69, 9.17) is 19.7 Å². The Labute approximate surface area is 204 Å². The first-order chi connectivity index (χ1) is 12.2. The second-order valence-corrected chi connectivity index (χ2v) is 7.00. The van der Waals surface area contributed by atoms with Crippen LogP contribution < -0.4 is 69.3 Å². The molecule has 0 amide bonds. The molecule has 0 saturated carbocycles. The summed E-state index contributed by atoms with van der Waals surface area (Å²) < 4.78 is 10.4. The fraction of sp³-hybridized carbons (Fsp3) is 0.750. The van der Waals surface area contributed by atoms with Crippen LogP contribution in [0.5, 0.6) is 0 Å². The minimum Gasteiger partial charge on any atom is -0.550 e. The molecule has 4 rings (SSSR count). The van der Waals surface area contributed by atoms with Crippen LogP contribution in [-0.2, 0) is 28.7 Å². The van der Waals surface area contributed by atoms with E-state index in [1.807, 2.05) is 0 Å². The fourth-order valence-corrected chi connectivity index (χ4v) is 4.58. The van der Waals surface area contributed by atoms with Gasteiger partial charge in [-0.25, -0.2) is 0 Å². The number of rotatable bonds is 4. The van der Waals surface area contributed by atoms with Crippen molar-refractivity contribution in [2.24, 2.45) is 23.7 Å². The molecule has 4 fully saturated rings. The SMILES string of the molecule is O=C(O)C1C2CCC(O2)C1C(=O)O.O=C([O-])C1C2CCC(O2)C1C(=O)[O-].[Na+].[Na+]. The molecule has 4 heterocycles. The fourth-order valence-electron chi connectivity index (χ4n) is 4.58. The summed E-state index contributed by atoms with van der Waals surface area (Å²) in [6.45, 7) is 0. The Morgan fingerprint density at radius 3 is 1.07 bits per heavy atom. The monoisotopic (exact) mass is 416 g/mol. The third-order valence-corrected chi connectivity index (χ3v) is 5.66. The second kappa shape index (κ2) is 10.2. The molecule has 0 aromatic rings. The molecular formula is C16H18Na2O10. The summed E-state index contributed by atoms with van der Waals surface area (Å²) in [5.41, 5.74) is 0. The van der Waals surface area contributed by atoms with Crippen molar-refractivity contribution < 1.29 is 108 Å². The minimum atomic E-state index is -1.35. The number of carbonyl (C=O) groups is 4. The van der Waals surface area contributed by atoms with Gasteiger partial charge in [-0.2, -0.15) is 0 Å². The number of ether oxygens (including phenoxy) is 2. The van der Waals surface area contributed by atoms with E-state index in [1.54, 1.807) is 0 Å². The molecule has 8 unspecified atom stereocenters. The number of hydrogen-bond donors (Lipinski definition) is 2.